The lowest BCUT2D eigenvalue weighted by molar-refractivity contribution is -0.131. The predicted octanol–water partition coefficient (Wildman–Crippen LogP) is 20.7. The number of allylic oxidation sites excluding steroid dienone is 7. The maximum atomic E-state index is 12.6. The summed E-state index contributed by atoms with van der Waals surface area (Å²) in [7, 11) is 0. The van der Waals surface area contributed by atoms with Crippen molar-refractivity contribution >= 4 is 5.91 Å². The van der Waals surface area contributed by atoms with E-state index in [2.05, 4.69) is 55.6 Å². The summed E-state index contributed by atoms with van der Waals surface area (Å²) in [5, 5.41) is 33.5. The summed E-state index contributed by atoms with van der Waals surface area (Å²) in [6, 6.07) is -0.817. The quantitative estimate of drug-likeness (QED) is 0.0361. The molecule has 0 fully saturated rings. The second-order valence-electron chi connectivity index (χ2n) is 22.3. The topological polar surface area (TPSA) is 89.8 Å². The van der Waals surface area contributed by atoms with Crippen LogP contribution in [0.25, 0.3) is 0 Å². The van der Waals surface area contributed by atoms with Crippen molar-refractivity contribution in [3.05, 3.63) is 48.6 Å². The third-order valence-electron chi connectivity index (χ3n) is 15.1. The maximum absolute atomic E-state index is 12.6. The van der Waals surface area contributed by atoms with Gasteiger partial charge in [0.1, 0.15) is 6.10 Å². The van der Waals surface area contributed by atoms with Gasteiger partial charge in [0.15, 0.2) is 0 Å². The smallest absolute Gasteiger partial charge is 0.249 e. The molecular weight excluding hydrogens is 883 g/mol. The molecule has 0 aromatic rings. The van der Waals surface area contributed by atoms with Crippen LogP contribution in [0, 0.1) is 0 Å². The lowest BCUT2D eigenvalue weighted by atomic mass is 10.0. The number of unbranched alkanes of at least 4 members (excludes halogenated alkanes) is 46. The number of carbonyl (C=O) groups excluding carboxylic acids is 1. The van der Waals surface area contributed by atoms with Gasteiger partial charge in [-0.25, -0.2) is 0 Å². The second kappa shape index (κ2) is 61.9. The highest BCUT2D eigenvalue weighted by Gasteiger charge is 2.22. The molecule has 0 aromatic heterocycles. The lowest BCUT2D eigenvalue weighted by Crippen LogP contribution is -2.48. The van der Waals surface area contributed by atoms with E-state index in [4.69, 9.17) is 0 Å². The Labute approximate surface area is 450 Å². The number of hydrogen-bond acceptors (Lipinski definition) is 4. The van der Waals surface area contributed by atoms with E-state index < -0.39 is 24.2 Å². The molecular formula is C67H127NO4. The number of aliphatic hydroxyl groups is 3. The lowest BCUT2D eigenvalue weighted by Gasteiger charge is -2.21. The summed E-state index contributed by atoms with van der Waals surface area (Å²) >= 11 is 0. The number of rotatable bonds is 60. The van der Waals surface area contributed by atoms with Crippen LogP contribution in [-0.4, -0.2) is 46.1 Å². The van der Waals surface area contributed by atoms with E-state index in [9.17, 15) is 20.1 Å². The molecule has 3 atom stereocenters. The van der Waals surface area contributed by atoms with E-state index in [0.717, 1.165) is 44.9 Å². The monoisotopic (exact) mass is 1010 g/mol. The number of carbonyl (C=O) groups is 1. The summed E-state index contributed by atoms with van der Waals surface area (Å²) in [6.45, 7) is 4.21. The highest BCUT2D eigenvalue weighted by molar-refractivity contribution is 5.80. The fourth-order valence-corrected chi connectivity index (χ4v) is 10.1. The van der Waals surface area contributed by atoms with Gasteiger partial charge in [-0.1, -0.05) is 332 Å². The Morgan fingerprint density at radius 1 is 0.347 bits per heavy atom. The molecule has 0 aromatic carbocycles. The van der Waals surface area contributed by atoms with Crippen molar-refractivity contribution in [1.82, 2.24) is 5.32 Å². The number of hydrogen-bond donors (Lipinski definition) is 4. The summed E-state index contributed by atoms with van der Waals surface area (Å²) in [4.78, 5) is 12.6. The second-order valence-corrected chi connectivity index (χ2v) is 22.3. The number of amides is 1. The first-order valence-electron chi connectivity index (χ1n) is 32.5. The highest BCUT2D eigenvalue weighted by Crippen LogP contribution is 2.18. The minimum atomic E-state index is -1.11. The molecule has 0 spiro atoms. The van der Waals surface area contributed by atoms with Crippen molar-refractivity contribution in [3.8, 4) is 0 Å². The first kappa shape index (κ1) is 70.3. The molecule has 5 heteroatoms. The fraction of sp³-hybridized carbons (Fsp3) is 0.866. The van der Waals surface area contributed by atoms with E-state index in [1.165, 1.54) is 283 Å². The van der Waals surface area contributed by atoms with Crippen molar-refractivity contribution in [1.29, 1.82) is 0 Å². The zero-order valence-electron chi connectivity index (χ0n) is 48.6. The van der Waals surface area contributed by atoms with Crippen LogP contribution in [-0.2, 0) is 4.79 Å². The molecule has 0 saturated carbocycles. The van der Waals surface area contributed by atoms with Crippen LogP contribution in [0.4, 0.5) is 0 Å². The van der Waals surface area contributed by atoms with E-state index in [1.54, 1.807) is 6.08 Å². The van der Waals surface area contributed by atoms with Gasteiger partial charge < -0.3 is 20.6 Å². The van der Waals surface area contributed by atoms with Crippen LogP contribution in [0.1, 0.15) is 348 Å². The fourth-order valence-electron chi connectivity index (χ4n) is 10.1. The van der Waals surface area contributed by atoms with Crippen LogP contribution in [0.2, 0.25) is 0 Å². The summed E-state index contributed by atoms with van der Waals surface area (Å²) in [6.07, 6.45) is 83.7. The molecule has 3 unspecified atom stereocenters. The van der Waals surface area contributed by atoms with Crippen LogP contribution >= 0.6 is 0 Å². The van der Waals surface area contributed by atoms with E-state index in [0.29, 0.717) is 6.42 Å². The summed E-state index contributed by atoms with van der Waals surface area (Å²) in [5.41, 5.74) is 0. The van der Waals surface area contributed by atoms with Crippen LogP contribution < -0.4 is 5.32 Å². The van der Waals surface area contributed by atoms with Crippen LogP contribution in [0.15, 0.2) is 48.6 Å². The largest absolute Gasteiger partial charge is 0.394 e. The minimum absolute atomic E-state index is 0.375. The van der Waals surface area contributed by atoms with Gasteiger partial charge >= 0.3 is 0 Å². The van der Waals surface area contributed by atoms with Gasteiger partial charge in [0.05, 0.1) is 18.8 Å². The van der Waals surface area contributed by atoms with Crippen molar-refractivity contribution in [2.45, 2.75) is 366 Å². The first-order valence-corrected chi connectivity index (χ1v) is 32.5. The Morgan fingerprint density at radius 3 is 0.931 bits per heavy atom. The Balaban J connectivity index is 3.55. The SMILES string of the molecule is CCCCCCCCCCCCC/C=C\C/C=C\CCCCCCCCCCCCCCCCCCC(O)C(=O)NC(CO)C(O)/C=C/CC/C=C/CCCCCCCCCCCCCCCCCCCC. The normalized spacial score (nSPS) is 13.5. The molecule has 0 radical (unpaired) electrons. The Kier molecular flexibility index (Phi) is 60.4. The molecule has 0 aliphatic heterocycles. The van der Waals surface area contributed by atoms with Gasteiger partial charge in [0, 0.05) is 0 Å². The van der Waals surface area contributed by atoms with E-state index >= 15 is 0 Å². The van der Waals surface area contributed by atoms with E-state index in [-0.39, 0.29) is 6.61 Å². The number of nitrogens with one attached hydrogen (secondary N) is 1. The van der Waals surface area contributed by atoms with Crippen LogP contribution in [0.5, 0.6) is 0 Å². The van der Waals surface area contributed by atoms with Gasteiger partial charge in [-0.2, -0.15) is 0 Å². The molecule has 0 aliphatic rings. The van der Waals surface area contributed by atoms with Gasteiger partial charge in [-0.3, -0.25) is 4.79 Å². The molecule has 72 heavy (non-hydrogen) atoms. The molecule has 1 amide bonds. The Bertz CT molecular complexity index is 1160. The molecule has 4 N–H and O–H groups in total. The Morgan fingerprint density at radius 2 is 0.611 bits per heavy atom. The highest BCUT2D eigenvalue weighted by atomic mass is 16.3. The molecule has 0 aliphatic carbocycles. The Hall–Kier alpha value is -1.69. The van der Waals surface area contributed by atoms with E-state index in [1.807, 2.05) is 6.08 Å². The van der Waals surface area contributed by atoms with Crippen molar-refractivity contribution in [3.63, 3.8) is 0 Å². The first-order chi connectivity index (χ1) is 35.6. The minimum Gasteiger partial charge on any atom is -0.394 e. The van der Waals surface area contributed by atoms with Gasteiger partial charge in [-0.05, 0) is 64.2 Å². The van der Waals surface area contributed by atoms with Crippen molar-refractivity contribution in [2.24, 2.45) is 0 Å². The van der Waals surface area contributed by atoms with Gasteiger partial charge in [0.25, 0.3) is 0 Å². The molecule has 5 nitrogen and oxygen atoms in total. The molecule has 0 bridgehead atoms. The predicted molar refractivity (Wildman–Crippen MR) is 319 cm³/mol. The standard InChI is InChI=1S/C67H127NO4/c1-3-5-7-9-11-13-15-17-19-21-23-25-27-29-30-31-32-33-34-35-36-37-38-40-42-44-46-48-50-52-54-56-58-60-62-66(71)67(72)68-64(63-69)65(70)61-59-57-55-53-51-49-47-45-43-41-39-28-26-24-22-20-18-16-14-12-10-8-6-4-2/h27,29,31-32,51,53,59,61,64-66,69-71H,3-26,28,30,33-50,52,54-58,60,62-63H2,1-2H3,(H,68,72)/b29-27-,32-31-,53-51+,61-59+. The third kappa shape index (κ3) is 56.0. The average Bonchev–Trinajstić information content (AvgIpc) is 3.39. The van der Waals surface area contributed by atoms with Crippen LogP contribution in [0.3, 0.4) is 0 Å². The van der Waals surface area contributed by atoms with Gasteiger partial charge in [0.2, 0.25) is 5.91 Å². The van der Waals surface area contributed by atoms with Crippen molar-refractivity contribution < 1.29 is 20.1 Å². The molecule has 0 heterocycles. The molecule has 0 rings (SSSR count). The molecule has 424 valence electrons. The van der Waals surface area contributed by atoms with Crippen molar-refractivity contribution in [2.75, 3.05) is 6.61 Å². The third-order valence-corrected chi connectivity index (χ3v) is 15.1. The molecule has 0 saturated heterocycles. The zero-order valence-corrected chi connectivity index (χ0v) is 48.6. The average molecular weight is 1010 g/mol. The summed E-state index contributed by atoms with van der Waals surface area (Å²) in [5.74, 6) is -0.508. The zero-order chi connectivity index (χ0) is 52.2. The van der Waals surface area contributed by atoms with Gasteiger partial charge in [-0.15, -0.1) is 0 Å². The maximum Gasteiger partial charge on any atom is 0.249 e. The number of aliphatic hydroxyl groups excluding tert-OH is 3. The summed E-state index contributed by atoms with van der Waals surface area (Å²) < 4.78 is 0.